The van der Waals surface area contributed by atoms with Gasteiger partial charge in [-0.1, -0.05) is 6.92 Å². The van der Waals surface area contributed by atoms with Gasteiger partial charge in [0.2, 0.25) is 0 Å². The van der Waals surface area contributed by atoms with Gasteiger partial charge in [-0.25, -0.2) is 18.2 Å². The summed E-state index contributed by atoms with van der Waals surface area (Å²) in [5, 5.41) is 11.9. The Balaban J connectivity index is 2.99. The zero-order valence-electron chi connectivity index (χ0n) is 12.1. The first-order valence-corrected chi connectivity index (χ1v) is 8.13. The normalized spacial score (nSPS) is 12.2. The molecule has 0 saturated carbocycles. The second-order valence-corrected chi connectivity index (χ2v) is 7.93. The van der Waals surface area contributed by atoms with Crippen molar-refractivity contribution in [1.82, 2.24) is 4.98 Å². The minimum absolute atomic E-state index is 0.136. The number of nitrogens with zero attached hydrogens (tertiary/aromatic N) is 1. The molecule has 0 aliphatic rings. The Labute approximate surface area is 119 Å². The summed E-state index contributed by atoms with van der Waals surface area (Å²) in [6.45, 7) is 5.25. The van der Waals surface area contributed by atoms with E-state index in [0.29, 0.717) is 17.9 Å². The van der Waals surface area contributed by atoms with Crippen molar-refractivity contribution in [1.29, 1.82) is 0 Å². The number of aromatic nitrogens is 1. The molecular weight excluding hydrogens is 280 g/mol. The van der Waals surface area contributed by atoms with E-state index in [1.54, 1.807) is 13.8 Å². The van der Waals surface area contributed by atoms with E-state index in [-0.39, 0.29) is 12.1 Å². The van der Waals surface area contributed by atoms with Crippen LogP contribution >= 0.6 is 0 Å². The summed E-state index contributed by atoms with van der Waals surface area (Å²) in [6.07, 6.45) is 1.78. The van der Waals surface area contributed by atoms with Gasteiger partial charge < -0.3 is 10.4 Å². The highest BCUT2D eigenvalue weighted by molar-refractivity contribution is 7.92. The minimum atomic E-state index is -3.22. The number of carboxylic acid groups (broad SMARTS) is 1. The van der Waals surface area contributed by atoms with Gasteiger partial charge in [0.05, 0.1) is 10.3 Å². The minimum Gasteiger partial charge on any atom is -0.478 e. The van der Waals surface area contributed by atoms with Crippen molar-refractivity contribution in [2.75, 3.05) is 18.1 Å². The number of rotatable bonds is 6. The molecule has 1 aromatic heterocycles. The van der Waals surface area contributed by atoms with Gasteiger partial charge in [0.15, 0.2) is 9.84 Å². The third kappa shape index (κ3) is 3.93. The first-order valence-electron chi connectivity index (χ1n) is 6.24. The van der Waals surface area contributed by atoms with E-state index in [2.05, 4.69) is 10.3 Å². The van der Waals surface area contributed by atoms with Crippen LogP contribution in [-0.2, 0) is 16.3 Å². The largest absolute Gasteiger partial charge is 0.478 e. The highest BCUT2D eigenvalue weighted by atomic mass is 32.2. The van der Waals surface area contributed by atoms with Gasteiger partial charge in [-0.2, -0.15) is 0 Å². The second kappa shape index (κ2) is 5.78. The molecule has 0 amide bonds. The Morgan fingerprint density at radius 1 is 1.40 bits per heavy atom. The van der Waals surface area contributed by atoms with Crippen molar-refractivity contribution in [2.24, 2.45) is 0 Å². The van der Waals surface area contributed by atoms with Crippen LogP contribution in [0.5, 0.6) is 0 Å². The number of hydrogen-bond donors (Lipinski definition) is 2. The van der Waals surface area contributed by atoms with Crippen LogP contribution in [0, 0.1) is 0 Å². The van der Waals surface area contributed by atoms with Crippen LogP contribution in [0.15, 0.2) is 12.1 Å². The molecule has 0 atom stereocenters. The number of carboxylic acids is 1. The molecule has 0 fully saturated rings. The molecule has 2 N–H and O–H groups in total. The van der Waals surface area contributed by atoms with Gasteiger partial charge in [-0.05, 0) is 32.4 Å². The topological polar surface area (TPSA) is 96.4 Å². The molecule has 7 heteroatoms. The summed E-state index contributed by atoms with van der Waals surface area (Å²) >= 11 is 0. The van der Waals surface area contributed by atoms with Crippen LogP contribution in [0.1, 0.15) is 36.8 Å². The number of nitrogens with one attached hydrogen (secondary N) is 1. The van der Waals surface area contributed by atoms with E-state index in [1.165, 1.54) is 18.4 Å². The lowest BCUT2D eigenvalue weighted by molar-refractivity contribution is 0.0696. The fraction of sp³-hybridized carbons (Fsp3) is 0.538. The maximum atomic E-state index is 11.6. The van der Waals surface area contributed by atoms with E-state index in [0.717, 1.165) is 0 Å². The average Bonchev–Trinajstić information content (AvgIpc) is 2.34. The molecule has 0 saturated heterocycles. The number of sulfone groups is 1. The Hall–Kier alpha value is -1.63. The van der Waals surface area contributed by atoms with Gasteiger partial charge in [-0.15, -0.1) is 0 Å². The number of carbonyl (C=O) groups is 1. The van der Waals surface area contributed by atoms with Gasteiger partial charge in [0, 0.05) is 18.5 Å². The van der Waals surface area contributed by atoms with Gasteiger partial charge in [-0.3, -0.25) is 0 Å². The average molecular weight is 300 g/mol. The molecule has 112 valence electrons. The zero-order valence-corrected chi connectivity index (χ0v) is 12.9. The summed E-state index contributed by atoms with van der Waals surface area (Å²) in [5.74, 6) is -0.661. The number of aromatic carboxylic acids is 1. The lowest BCUT2D eigenvalue weighted by atomic mass is 10.2. The molecule has 1 rings (SSSR count). The van der Waals surface area contributed by atoms with Crippen molar-refractivity contribution in [3.63, 3.8) is 0 Å². The number of hydrogen-bond acceptors (Lipinski definition) is 5. The highest BCUT2D eigenvalue weighted by Crippen LogP contribution is 2.17. The summed E-state index contributed by atoms with van der Waals surface area (Å²) in [4.78, 5) is 15.3. The zero-order chi connectivity index (χ0) is 15.6. The van der Waals surface area contributed by atoms with Crippen LogP contribution in [0.3, 0.4) is 0 Å². The number of anilines is 1. The van der Waals surface area contributed by atoms with Gasteiger partial charge in [0.1, 0.15) is 5.82 Å². The van der Waals surface area contributed by atoms with Crippen molar-refractivity contribution in [3.8, 4) is 0 Å². The quantitative estimate of drug-likeness (QED) is 0.828. The number of aryl methyl sites for hydroxylation is 1. The molecule has 0 aromatic carbocycles. The first-order chi connectivity index (χ1) is 9.06. The van der Waals surface area contributed by atoms with Crippen LogP contribution < -0.4 is 5.32 Å². The lowest BCUT2D eigenvalue weighted by Crippen LogP contribution is -2.38. The van der Waals surface area contributed by atoms with Crippen LogP contribution in [-0.4, -0.2) is 42.0 Å². The fourth-order valence-electron chi connectivity index (χ4n) is 1.42. The van der Waals surface area contributed by atoms with Crippen molar-refractivity contribution < 1.29 is 18.3 Å². The summed E-state index contributed by atoms with van der Waals surface area (Å²) in [7, 11) is -3.22. The molecule has 0 radical (unpaired) electrons. The molecule has 1 heterocycles. The van der Waals surface area contributed by atoms with Crippen LogP contribution in [0.4, 0.5) is 5.82 Å². The Kier molecular flexibility index (Phi) is 4.75. The Morgan fingerprint density at radius 2 is 2.00 bits per heavy atom. The maximum absolute atomic E-state index is 11.6. The fourth-order valence-corrected chi connectivity index (χ4v) is 1.75. The van der Waals surface area contributed by atoms with Crippen molar-refractivity contribution in [3.05, 3.63) is 23.4 Å². The third-order valence-corrected chi connectivity index (χ3v) is 5.34. The molecule has 0 bridgehead atoms. The molecule has 20 heavy (non-hydrogen) atoms. The molecule has 1 aromatic rings. The highest BCUT2D eigenvalue weighted by Gasteiger charge is 2.30. The second-order valence-electron chi connectivity index (χ2n) is 5.28. The van der Waals surface area contributed by atoms with E-state index < -0.39 is 20.6 Å². The maximum Gasteiger partial charge on any atom is 0.335 e. The lowest BCUT2D eigenvalue weighted by Gasteiger charge is -2.23. The van der Waals surface area contributed by atoms with Crippen molar-refractivity contribution >= 4 is 21.6 Å². The van der Waals surface area contributed by atoms with Gasteiger partial charge >= 0.3 is 5.97 Å². The molecule has 0 unspecified atom stereocenters. The van der Waals surface area contributed by atoms with Crippen LogP contribution in [0.2, 0.25) is 0 Å². The summed E-state index contributed by atoms with van der Waals surface area (Å²) in [5.41, 5.74) is 0.779. The van der Waals surface area contributed by atoms with Crippen molar-refractivity contribution in [2.45, 2.75) is 31.9 Å². The summed E-state index contributed by atoms with van der Waals surface area (Å²) < 4.78 is 22.3. The molecular formula is C13H20N2O4S. The van der Waals surface area contributed by atoms with Gasteiger partial charge in [0.25, 0.3) is 0 Å². The summed E-state index contributed by atoms with van der Waals surface area (Å²) in [6, 6.07) is 2.91. The predicted molar refractivity (Wildman–Crippen MR) is 78.0 cm³/mol. The SMILES string of the molecule is CCc1cc(C(=O)O)cc(NCC(C)(C)S(C)(=O)=O)n1. The molecule has 0 spiro atoms. The molecule has 6 nitrogen and oxygen atoms in total. The molecule has 0 aliphatic heterocycles. The number of pyridine rings is 1. The monoisotopic (exact) mass is 300 g/mol. The van der Waals surface area contributed by atoms with E-state index >= 15 is 0 Å². The Bertz CT molecular complexity index is 609. The standard InChI is InChI=1S/C13H20N2O4S/c1-5-10-6-9(12(16)17)7-11(15-10)14-8-13(2,3)20(4,18)19/h6-7H,5,8H2,1-4H3,(H,14,15)(H,16,17). The van der Waals surface area contributed by atoms with E-state index in [4.69, 9.17) is 5.11 Å². The van der Waals surface area contributed by atoms with E-state index in [1.807, 2.05) is 6.92 Å². The third-order valence-electron chi connectivity index (χ3n) is 3.19. The Morgan fingerprint density at radius 3 is 2.45 bits per heavy atom. The first kappa shape index (κ1) is 16.4. The predicted octanol–water partition coefficient (Wildman–Crippen LogP) is 1.58. The smallest absolute Gasteiger partial charge is 0.335 e. The van der Waals surface area contributed by atoms with E-state index in [9.17, 15) is 13.2 Å². The molecule has 0 aliphatic carbocycles. The van der Waals surface area contributed by atoms with Crippen LogP contribution in [0.25, 0.3) is 0 Å².